The van der Waals surface area contributed by atoms with Gasteiger partial charge in [-0.2, -0.15) is 0 Å². The SMILES string of the molecule is CCOCCC(=O)N1CCCC1CC(C)=O. The molecular formula is C12H21NO3. The molecule has 0 aromatic heterocycles. The minimum Gasteiger partial charge on any atom is -0.381 e. The van der Waals surface area contributed by atoms with E-state index >= 15 is 0 Å². The monoisotopic (exact) mass is 227 g/mol. The Bertz CT molecular complexity index is 253. The van der Waals surface area contributed by atoms with Crippen LogP contribution in [0.15, 0.2) is 0 Å². The van der Waals surface area contributed by atoms with Gasteiger partial charge in [0.05, 0.1) is 13.0 Å². The zero-order valence-corrected chi connectivity index (χ0v) is 10.2. The highest BCUT2D eigenvalue weighted by molar-refractivity contribution is 5.80. The summed E-state index contributed by atoms with van der Waals surface area (Å²) in [5, 5.41) is 0. The van der Waals surface area contributed by atoms with Crippen molar-refractivity contribution in [3.63, 3.8) is 0 Å². The maximum atomic E-state index is 11.8. The smallest absolute Gasteiger partial charge is 0.225 e. The van der Waals surface area contributed by atoms with E-state index < -0.39 is 0 Å². The van der Waals surface area contributed by atoms with Crippen LogP contribution in [-0.2, 0) is 14.3 Å². The zero-order chi connectivity index (χ0) is 12.0. The van der Waals surface area contributed by atoms with Crippen molar-refractivity contribution < 1.29 is 14.3 Å². The van der Waals surface area contributed by atoms with Gasteiger partial charge in [0, 0.05) is 25.6 Å². The van der Waals surface area contributed by atoms with E-state index in [0.29, 0.717) is 26.1 Å². The fourth-order valence-corrected chi connectivity index (χ4v) is 2.16. The van der Waals surface area contributed by atoms with E-state index in [2.05, 4.69) is 0 Å². The maximum Gasteiger partial charge on any atom is 0.225 e. The molecular weight excluding hydrogens is 206 g/mol. The molecule has 16 heavy (non-hydrogen) atoms. The summed E-state index contributed by atoms with van der Waals surface area (Å²) in [5.41, 5.74) is 0. The van der Waals surface area contributed by atoms with Crippen LogP contribution in [0.25, 0.3) is 0 Å². The van der Waals surface area contributed by atoms with Crippen LogP contribution >= 0.6 is 0 Å². The summed E-state index contributed by atoms with van der Waals surface area (Å²) >= 11 is 0. The lowest BCUT2D eigenvalue weighted by molar-refractivity contribution is -0.133. The van der Waals surface area contributed by atoms with Crippen LogP contribution < -0.4 is 0 Å². The fourth-order valence-electron chi connectivity index (χ4n) is 2.16. The Kier molecular flexibility index (Phi) is 5.46. The topological polar surface area (TPSA) is 46.6 Å². The van der Waals surface area contributed by atoms with Crippen molar-refractivity contribution in [1.82, 2.24) is 4.90 Å². The van der Waals surface area contributed by atoms with Crippen LogP contribution in [0.2, 0.25) is 0 Å². The molecule has 1 atom stereocenters. The molecule has 4 heteroatoms. The first kappa shape index (κ1) is 13.2. The molecule has 1 saturated heterocycles. The molecule has 0 radical (unpaired) electrons. The Balaban J connectivity index is 2.38. The van der Waals surface area contributed by atoms with Gasteiger partial charge in [0.15, 0.2) is 0 Å². The second-order valence-electron chi connectivity index (χ2n) is 4.24. The van der Waals surface area contributed by atoms with Crippen molar-refractivity contribution in [3.8, 4) is 0 Å². The van der Waals surface area contributed by atoms with E-state index in [1.807, 2.05) is 11.8 Å². The average molecular weight is 227 g/mol. The Morgan fingerprint density at radius 3 is 2.81 bits per heavy atom. The van der Waals surface area contributed by atoms with Crippen molar-refractivity contribution in [3.05, 3.63) is 0 Å². The van der Waals surface area contributed by atoms with E-state index in [4.69, 9.17) is 4.74 Å². The third-order valence-electron chi connectivity index (χ3n) is 2.88. The fraction of sp³-hybridized carbons (Fsp3) is 0.833. The lowest BCUT2D eigenvalue weighted by Gasteiger charge is -2.23. The molecule has 1 amide bonds. The van der Waals surface area contributed by atoms with E-state index in [-0.39, 0.29) is 17.7 Å². The van der Waals surface area contributed by atoms with Gasteiger partial charge in [0.1, 0.15) is 5.78 Å². The first-order valence-electron chi connectivity index (χ1n) is 6.01. The number of rotatable bonds is 6. The second-order valence-corrected chi connectivity index (χ2v) is 4.24. The van der Waals surface area contributed by atoms with Gasteiger partial charge in [-0.05, 0) is 26.7 Å². The molecule has 4 nitrogen and oxygen atoms in total. The molecule has 1 aliphatic heterocycles. The van der Waals surface area contributed by atoms with Crippen molar-refractivity contribution in [2.24, 2.45) is 0 Å². The zero-order valence-electron chi connectivity index (χ0n) is 10.2. The summed E-state index contributed by atoms with van der Waals surface area (Å²) in [7, 11) is 0. The van der Waals surface area contributed by atoms with Crippen LogP contribution in [0.5, 0.6) is 0 Å². The quantitative estimate of drug-likeness (QED) is 0.644. The Hall–Kier alpha value is -0.900. The van der Waals surface area contributed by atoms with Crippen LogP contribution in [0.1, 0.15) is 39.5 Å². The van der Waals surface area contributed by atoms with Crippen LogP contribution in [0, 0.1) is 0 Å². The summed E-state index contributed by atoms with van der Waals surface area (Å²) in [6.45, 7) is 5.42. The number of amides is 1. The largest absolute Gasteiger partial charge is 0.381 e. The maximum absolute atomic E-state index is 11.8. The van der Waals surface area contributed by atoms with Gasteiger partial charge in [0.2, 0.25) is 5.91 Å². The third kappa shape index (κ3) is 3.93. The highest BCUT2D eigenvalue weighted by Gasteiger charge is 2.28. The minimum atomic E-state index is 0.122. The van der Waals surface area contributed by atoms with E-state index in [9.17, 15) is 9.59 Å². The first-order chi connectivity index (χ1) is 7.65. The highest BCUT2D eigenvalue weighted by atomic mass is 16.5. The predicted molar refractivity (Wildman–Crippen MR) is 61.1 cm³/mol. The van der Waals surface area contributed by atoms with Crippen molar-refractivity contribution in [1.29, 1.82) is 0 Å². The average Bonchev–Trinajstić information content (AvgIpc) is 2.65. The predicted octanol–water partition coefficient (Wildman–Crippen LogP) is 1.38. The van der Waals surface area contributed by atoms with Crippen LogP contribution in [-0.4, -0.2) is 42.4 Å². The Morgan fingerprint density at radius 2 is 2.19 bits per heavy atom. The van der Waals surface area contributed by atoms with Crippen molar-refractivity contribution in [2.75, 3.05) is 19.8 Å². The Morgan fingerprint density at radius 1 is 1.44 bits per heavy atom. The van der Waals surface area contributed by atoms with Crippen LogP contribution in [0.4, 0.5) is 0 Å². The second kappa shape index (κ2) is 6.63. The molecule has 0 saturated carbocycles. The molecule has 1 heterocycles. The van der Waals surface area contributed by atoms with Gasteiger partial charge >= 0.3 is 0 Å². The first-order valence-corrected chi connectivity index (χ1v) is 6.01. The van der Waals surface area contributed by atoms with E-state index in [1.54, 1.807) is 6.92 Å². The van der Waals surface area contributed by atoms with Gasteiger partial charge in [-0.25, -0.2) is 0 Å². The summed E-state index contributed by atoms with van der Waals surface area (Å²) in [6, 6.07) is 0.131. The van der Waals surface area contributed by atoms with E-state index in [1.165, 1.54) is 0 Å². The molecule has 1 unspecified atom stereocenters. The van der Waals surface area contributed by atoms with Gasteiger partial charge in [-0.15, -0.1) is 0 Å². The van der Waals surface area contributed by atoms with Gasteiger partial charge < -0.3 is 9.64 Å². The number of ketones is 1. The number of ether oxygens (including phenoxy) is 1. The summed E-state index contributed by atoms with van der Waals surface area (Å²) in [6.07, 6.45) is 2.90. The molecule has 0 aromatic rings. The Labute approximate surface area is 96.9 Å². The molecule has 92 valence electrons. The molecule has 1 fully saturated rings. The summed E-state index contributed by atoms with van der Waals surface area (Å²) in [5.74, 6) is 0.284. The lowest BCUT2D eigenvalue weighted by Crippen LogP contribution is -2.37. The molecule has 1 rings (SSSR count). The summed E-state index contributed by atoms with van der Waals surface area (Å²) < 4.78 is 5.17. The number of carbonyl (C=O) groups is 2. The number of nitrogens with zero attached hydrogens (tertiary/aromatic N) is 1. The number of likely N-dealkylation sites (tertiary alicyclic amines) is 1. The highest BCUT2D eigenvalue weighted by Crippen LogP contribution is 2.21. The minimum absolute atomic E-state index is 0.122. The van der Waals surface area contributed by atoms with Crippen molar-refractivity contribution in [2.45, 2.75) is 45.6 Å². The normalized spacial score (nSPS) is 20.1. The van der Waals surface area contributed by atoms with Crippen LogP contribution in [0.3, 0.4) is 0 Å². The summed E-state index contributed by atoms with van der Waals surface area (Å²) in [4.78, 5) is 24.8. The van der Waals surface area contributed by atoms with Crippen molar-refractivity contribution >= 4 is 11.7 Å². The molecule has 0 aromatic carbocycles. The number of Topliss-reactive ketones (excluding diaryl/α,β-unsaturated/α-hetero) is 1. The molecule has 1 aliphatic rings. The number of carbonyl (C=O) groups excluding carboxylic acids is 2. The third-order valence-corrected chi connectivity index (χ3v) is 2.88. The standard InChI is InChI=1S/C12H21NO3/c1-3-16-8-6-12(15)13-7-4-5-11(13)9-10(2)14/h11H,3-9H2,1-2H3. The lowest BCUT2D eigenvalue weighted by atomic mass is 10.1. The van der Waals surface area contributed by atoms with E-state index in [0.717, 1.165) is 19.4 Å². The van der Waals surface area contributed by atoms with Gasteiger partial charge in [0.25, 0.3) is 0 Å². The molecule has 0 N–H and O–H groups in total. The molecule has 0 spiro atoms. The molecule has 0 aliphatic carbocycles. The number of hydrogen-bond acceptors (Lipinski definition) is 3. The van der Waals surface area contributed by atoms with Gasteiger partial charge in [-0.3, -0.25) is 9.59 Å². The number of hydrogen-bond donors (Lipinski definition) is 0. The molecule has 0 bridgehead atoms. The van der Waals surface area contributed by atoms with Gasteiger partial charge in [-0.1, -0.05) is 0 Å².